The number of aliphatic carboxylic acids is 1. The number of hydrogen-bond donors (Lipinski definition) is 2. The number of amides is 2. The van der Waals surface area contributed by atoms with Crippen molar-refractivity contribution in [3.63, 3.8) is 0 Å². The number of carboxylic acids is 1. The van der Waals surface area contributed by atoms with E-state index < -0.39 is 45.4 Å². The van der Waals surface area contributed by atoms with Gasteiger partial charge in [-0.05, 0) is 25.5 Å². The zero-order chi connectivity index (χ0) is 23.6. The van der Waals surface area contributed by atoms with Crippen LogP contribution in [-0.2, 0) is 24.2 Å². The summed E-state index contributed by atoms with van der Waals surface area (Å²) in [5, 5.41) is 16.4. The van der Waals surface area contributed by atoms with Crippen molar-refractivity contribution in [3.05, 3.63) is 29.8 Å². The van der Waals surface area contributed by atoms with E-state index >= 15 is 0 Å². The third-order valence-corrected chi connectivity index (χ3v) is 8.07. The summed E-state index contributed by atoms with van der Waals surface area (Å²) < 4.78 is 24.6. The SMILES string of the molecule is CCC(C(=O)NCCSCCS(=O)(=O)c1ccc(C)cc1)C(C(=O)NC)C(C)C(=O)[O-].[Na+]. The van der Waals surface area contributed by atoms with Crippen molar-refractivity contribution in [2.75, 3.05) is 30.9 Å². The minimum absolute atomic E-state index is 0. The molecule has 0 heterocycles. The molecular weight excluding hydrogens is 463 g/mol. The van der Waals surface area contributed by atoms with Gasteiger partial charge in [-0.15, -0.1) is 0 Å². The topological polar surface area (TPSA) is 132 Å². The van der Waals surface area contributed by atoms with Gasteiger partial charge in [-0.25, -0.2) is 8.42 Å². The van der Waals surface area contributed by atoms with E-state index in [1.807, 2.05) is 6.92 Å². The molecule has 2 amide bonds. The van der Waals surface area contributed by atoms with Crippen LogP contribution in [0.3, 0.4) is 0 Å². The normalized spacial score (nSPS) is 13.9. The molecule has 1 aromatic rings. The molecule has 0 fully saturated rings. The maximum Gasteiger partial charge on any atom is 1.00 e. The first-order valence-corrected chi connectivity index (χ1v) is 12.9. The molecule has 174 valence electrons. The Morgan fingerprint density at radius 1 is 1.09 bits per heavy atom. The van der Waals surface area contributed by atoms with Crippen LogP contribution >= 0.6 is 11.8 Å². The van der Waals surface area contributed by atoms with Gasteiger partial charge in [0.05, 0.1) is 16.6 Å². The van der Waals surface area contributed by atoms with Crippen LogP contribution in [0.15, 0.2) is 29.2 Å². The molecule has 0 aliphatic rings. The van der Waals surface area contributed by atoms with Gasteiger partial charge in [0.25, 0.3) is 0 Å². The second-order valence-electron chi connectivity index (χ2n) is 7.30. The van der Waals surface area contributed by atoms with E-state index in [1.54, 1.807) is 31.2 Å². The van der Waals surface area contributed by atoms with Gasteiger partial charge < -0.3 is 20.5 Å². The summed E-state index contributed by atoms with van der Waals surface area (Å²) >= 11 is 1.39. The summed E-state index contributed by atoms with van der Waals surface area (Å²) in [6.07, 6.45) is 0.295. The first-order chi connectivity index (χ1) is 14.5. The maximum atomic E-state index is 12.6. The fraction of sp³-hybridized carbons (Fsp3) is 0.571. The molecule has 0 saturated heterocycles. The van der Waals surface area contributed by atoms with Crippen LogP contribution in [0.4, 0.5) is 0 Å². The average Bonchev–Trinajstić information content (AvgIpc) is 2.73. The van der Waals surface area contributed by atoms with Crippen molar-refractivity contribution in [3.8, 4) is 0 Å². The van der Waals surface area contributed by atoms with Crippen LogP contribution in [0, 0.1) is 24.7 Å². The monoisotopic (exact) mass is 494 g/mol. The van der Waals surface area contributed by atoms with Gasteiger partial charge in [0.2, 0.25) is 11.8 Å². The van der Waals surface area contributed by atoms with Gasteiger partial charge in [0.15, 0.2) is 9.84 Å². The quantitative estimate of drug-likeness (QED) is 0.227. The van der Waals surface area contributed by atoms with E-state index in [0.717, 1.165) is 5.56 Å². The minimum atomic E-state index is -3.35. The molecule has 32 heavy (non-hydrogen) atoms. The summed E-state index contributed by atoms with van der Waals surface area (Å²) in [6.45, 7) is 5.24. The number of carboxylic acid groups (broad SMARTS) is 1. The van der Waals surface area contributed by atoms with Crippen LogP contribution in [0.2, 0.25) is 0 Å². The number of nitrogens with one attached hydrogen (secondary N) is 2. The van der Waals surface area contributed by atoms with Gasteiger partial charge in [-0.3, -0.25) is 9.59 Å². The molecule has 0 aliphatic heterocycles. The zero-order valence-corrected chi connectivity index (χ0v) is 23.0. The van der Waals surface area contributed by atoms with E-state index in [4.69, 9.17) is 0 Å². The average molecular weight is 495 g/mol. The Hall–Kier alpha value is -1.07. The molecule has 0 radical (unpaired) electrons. The summed E-state index contributed by atoms with van der Waals surface area (Å²) in [6, 6.07) is 6.70. The number of hydrogen-bond acceptors (Lipinski definition) is 7. The zero-order valence-electron chi connectivity index (χ0n) is 19.3. The minimum Gasteiger partial charge on any atom is -0.550 e. The number of thioether (sulfide) groups is 1. The van der Waals surface area contributed by atoms with Crippen LogP contribution in [0.25, 0.3) is 0 Å². The summed E-state index contributed by atoms with van der Waals surface area (Å²) in [5.74, 6) is -4.40. The fourth-order valence-corrected chi connectivity index (χ4v) is 5.77. The third kappa shape index (κ3) is 9.43. The van der Waals surface area contributed by atoms with Gasteiger partial charge in [0.1, 0.15) is 0 Å². The Labute approximate surface area is 216 Å². The third-order valence-electron chi connectivity index (χ3n) is 5.09. The maximum absolute atomic E-state index is 12.6. The molecule has 3 atom stereocenters. The molecule has 1 rings (SSSR count). The molecule has 2 N–H and O–H groups in total. The molecule has 0 saturated carbocycles. The Bertz CT molecular complexity index is 862. The largest absolute Gasteiger partial charge is 1.00 e. The van der Waals surface area contributed by atoms with Crippen molar-refractivity contribution >= 4 is 39.4 Å². The van der Waals surface area contributed by atoms with E-state index in [1.165, 1.54) is 25.7 Å². The summed E-state index contributed by atoms with van der Waals surface area (Å²) in [5.41, 5.74) is 0.988. The molecule has 0 bridgehead atoms. The van der Waals surface area contributed by atoms with Crippen LogP contribution < -0.4 is 45.3 Å². The van der Waals surface area contributed by atoms with Gasteiger partial charge in [-0.2, -0.15) is 11.8 Å². The predicted octanol–water partition coefficient (Wildman–Crippen LogP) is -2.60. The second kappa shape index (κ2) is 15.0. The van der Waals surface area contributed by atoms with Crippen LogP contribution in [-0.4, -0.2) is 57.1 Å². The second-order valence-corrected chi connectivity index (χ2v) is 10.6. The van der Waals surface area contributed by atoms with Gasteiger partial charge in [0, 0.05) is 42.9 Å². The van der Waals surface area contributed by atoms with E-state index in [-0.39, 0.29) is 41.9 Å². The number of benzene rings is 1. The number of carbonyl (C=O) groups is 3. The van der Waals surface area contributed by atoms with Crippen molar-refractivity contribution in [2.24, 2.45) is 17.8 Å². The molecule has 3 unspecified atom stereocenters. The Kier molecular flexibility index (Phi) is 14.5. The number of rotatable bonds is 13. The van der Waals surface area contributed by atoms with Crippen molar-refractivity contribution < 1.29 is 57.5 Å². The summed E-state index contributed by atoms with van der Waals surface area (Å²) in [7, 11) is -1.96. The van der Waals surface area contributed by atoms with E-state index in [2.05, 4.69) is 10.6 Å². The Morgan fingerprint density at radius 2 is 1.69 bits per heavy atom. The smallest absolute Gasteiger partial charge is 0.550 e. The van der Waals surface area contributed by atoms with Crippen LogP contribution in [0.5, 0.6) is 0 Å². The first-order valence-electron chi connectivity index (χ1n) is 10.1. The van der Waals surface area contributed by atoms with Gasteiger partial charge in [-0.1, -0.05) is 31.5 Å². The molecular formula is C21H31N2NaO6S2. The fourth-order valence-electron chi connectivity index (χ4n) is 3.19. The standard InChI is InChI=1S/C21H32N2O6S2.Na/c1-5-17(18(20(25)22-4)15(3)21(26)27)19(24)23-10-11-30-12-13-31(28,29)16-8-6-14(2)7-9-16;/h6-9,15,17-18H,5,10-13H2,1-4H3,(H,22,25)(H,23,24)(H,26,27);/q;+1/p-1. The summed E-state index contributed by atoms with van der Waals surface area (Å²) in [4.78, 5) is 36.3. The molecule has 0 aromatic heterocycles. The van der Waals surface area contributed by atoms with E-state index in [0.29, 0.717) is 22.8 Å². The first kappa shape index (κ1) is 30.9. The number of aryl methyl sites for hydroxylation is 1. The van der Waals surface area contributed by atoms with Crippen molar-refractivity contribution in [1.82, 2.24) is 10.6 Å². The van der Waals surface area contributed by atoms with Crippen molar-refractivity contribution in [1.29, 1.82) is 0 Å². The Morgan fingerprint density at radius 3 is 2.19 bits per heavy atom. The molecule has 1 aromatic carbocycles. The molecule has 8 nitrogen and oxygen atoms in total. The predicted molar refractivity (Wildman–Crippen MR) is 119 cm³/mol. The Balaban J connectivity index is 0.00000961. The van der Waals surface area contributed by atoms with Gasteiger partial charge >= 0.3 is 29.6 Å². The molecule has 0 aliphatic carbocycles. The molecule has 11 heteroatoms. The number of sulfone groups is 1. The molecule has 0 spiro atoms. The van der Waals surface area contributed by atoms with Crippen LogP contribution in [0.1, 0.15) is 25.8 Å². The van der Waals surface area contributed by atoms with E-state index in [9.17, 15) is 27.9 Å². The number of carbonyl (C=O) groups excluding carboxylic acids is 3. The van der Waals surface area contributed by atoms with Crippen molar-refractivity contribution in [2.45, 2.75) is 32.1 Å².